The molecule has 0 fully saturated rings. The lowest BCUT2D eigenvalue weighted by atomic mass is 9.98. The molecule has 0 saturated carbocycles. The Balaban J connectivity index is 1.95. The molecule has 0 saturated heterocycles. The third-order valence-corrected chi connectivity index (χ3v) is 5.29. The van der Waals surface area contributed by atoms with Gasteiger partial charge in [-0.25, -0.2) is 9.55 Å². The molecular weight excluding hydrogens is 376 g/mol. The molecule has 6 nitrogen and oxygen atoms in total. The first-order valence-corrected chi connectivity index (χ1v) is 9.87. The minimum atomic E-state index is -0.131. The summed E-state index contributed by atoms with van der Waals surface area (Å²) in [6, 6.07) is 11.8. The summed E-state index contributed by atoms with van der Waals surface area (Å²) in [5.41, 5.74) is 3.69. The van der Waals surface area contributed by atoms with Crippen LogP contribution in [0.15, 0.2) is 47.5 Å². The zero-order valence-electron chi connectivity index (χ0n) is 17.6. The first kappa shape index (κ1) is 19.6. The minimum Gasteiger partial charge on any atom is -0.497 e. The summed E-state index contributed by atoms with van der Waals surface area (Å²) in [6.45, 7) is 5.89. The van der Waals surface area contributed by atoms with Crippen LogP contribution in [-0.4, -0.2) is 26.9 Å². The van der Waals surface area contributed by atoms with E-state index in [-0.39, 0.29) is 5.56 Å². The second kappa shape index (κ2) is 7.99. The average molecular weight is 400 g/mol. The number of aryl methyl sites for hydroxylation is 1. The van der Waals surface area contributed by atoms with Gasteiger partial charge in [-0.15, -0.1) is 0 Å². The topological polar surface area (TPSA) is 72.8 Å². The Morgan fingerprint density at radius 1 is 1.10 bits per heavy atom. The predicted octanol–water partition coefficient (Wildman–Crippen LogP) is 2.62. The number of H-pyrrole nitrogens is 1. The van der Waals surface area contributed by atoms with Crippen LogP contribution < -0.4 is 20.7 Å². The fourth-order valence-electron chi connectivity index (χ4n) is 3.80. The van der Waals surface area contributed by atoms with Crippen molar-refractivity contribution in [3.8, 4) is 11.6 Å². The molecular formula is C24H24N4O2. The summed E-state index contributed by atoms with van der Waals surface area (Å²) >= 11 is 0. The number of rotatable bonds is 4. The van der Waals surface area contributed by atoms with Gasteiger partial charge >= 0.3 is 0 Å². The van der Waals surface area contributed by atoms with E-state index in [1.807, 2.05) is 63.2 Å². The van der Waals surface area contributed by atoms with Crippen LogP contribution in [0, 0.1) is 6.92 Å². The third kappa shape index (κ3) is 3.41. The molecule has 0 spiro atoms. The summed E-state index contributed by atoms with van der Waals surface area (Å²) in [5.74, 6) is 1.36. The molecule has 6 heteroatoms. The average Bonchev–Trinajstić information content (AvgIpc) is 3.20. The number of methoxy groups -OCH3 is 1. The standard InChI is InChI=1S/C24H24N4O2/c1-5-19-17(12-16-7-9-18(30-4)10-8-16)13-21-23(20(19)6-2)25-14-28(24(21)29)22-11-15(3)26-27-22/h5-11,13-14H,12H2,1-4H3,(H,26,27). The van der Waals surface area contributed by atoms with Crippen molar-refractivity contribution < 1.29 is 4.74 Å². The van der Waals surface area contributed by atoms with Crippen LogP contribution in [0.3, 0.4) is 0 Å². The molecule has 0 atom stereocenters. The number of ether oxygens (including phenoxy) is 1. The molecule has 30 heavy (non-hydrogen) atoms. The molecule has 2 aromatic carbocycles. The summed E-state index contributed by atoms with van der Waals surface area (Å²) in [7, 11) is 1.66. The van der Waals surface area contributed by atoms with Gasteiger partial charge in [-0.3, -0.25) is 9.89 Å². The van der Waals surface area contributed by atoms with E-state index in [9.17, 15) is 4.79 Å². The number of hydrogen-bond donors (Lipinski definition) is 1. The molecule has 0 unspecified atom stereocenters. The highest BCUT2D eigenvalue weighted by Crippen LogP contribution is 2.15. The Morgan fingerprint density at radius 3 is 2.43 bits per heavy atom. The maximum Gasteiger partial charge on any atom is 0.267 e. The third-order valence-electron chi connectivity index (χ3n) is 5.29. The first-order chi connectivity index (χ1) is 14.5. The summed E-state index contributed by atoms with van der Waals surface area (Å²) in [4.78, 5) is 17.9. The van der Waals surface area contributed by atoms with Crippen LogP contribution in [0.5, 0.6) is 5.75 Å². The van der Waals surface area contributed by atoms with Gasteiger partial charge in [0.25, 0.3) is 5.56 Å². The molecule has 0 amide bonds. The molecule has 2 heterocycles. The van der Waals surface area contributed by atoms with Gasteiger partial charge < -0.3 is 4.74 Å². The number of hydrogen-bond acceptors (Lipinski definition) is 4. The maximum absolute atomic E-state index is 13.3. The summed E-state index contributed by atoms with van der Waals surface area (Å²) in [6.07, 6.45) is 6.36. The highest BCUT2D eigenvalue weighted by Gasteiger charge is 2.12. The van der Waals surface area contributed by atoms with Crippen LogP contribution in [0.2, 0.25) is 0 Å². The van der Waals surface area contributed by atoms with E-state index in [0.717, 1.165) is 33.0 Å². The zero-order valence-corrected chi connectivity index (χ0v) is 17.6. The Kier molecular flexibility index (Phi) is 5.23. The van der Waals surface area contributed by atoms with Gasteiger partial charge in [-0.1, -0.05) is 24.3 Å². The second-order valence-electron chi connectivity index (χ2n) is 7.19. The highest BCUT2D eigenvalue weighted by molar-refractivity contribution is 5.80. The molecule has 0 aliphatic carbocycles. The monoisotopic (exact) mass is 400 g/mol. The zero-order chi connectivity index (χ0) is 21.3. The van der Waals surface area contributed by atoms with Crippen LogP contribution in [0.25, 0.3) is 28.9 Å². The molecule has 0 aliphatic heterocycles. The lowest BCUT2D eigenvalue weighted by Gasteiger charge is -2.10. The van der Waals surface area contributed by atoms with Gasteiger partial charge in [0.2, 0.25) is 0 Å². The largest absolute Gasteiger partial charge is 0.497 e. The van der Waals surface area contributed by atoms with Gasteiger partial charge in [0.1, 0.15) is 12.1 Å². The van der Waals surface area contributed by atoms with Gasteiger partial charge in [0, 0.05) is 17.0 Å². The number of nitrogens with zero attached hydrogens (tertiary/aromatic N) is 3. The van der Waals surface area contributed by atoms with Crippen molar-refractivity contribution in [1.29, 1.82) is 0 Å². The quantitative estimate of drug-likeness (QED) is 0.572. The number of aromatic amines is 1. The van der Waals surface area contributed by atoms with Crippen molar-refractivity contribution in [3.05, 3.63) is 80.3 Å². The Hall–Kier alpha value is -3.67. The SMILES string of the molecule is CC=c1c(Cc2ccc(OC)cc2)cc2c(=O)n(-c3cc(C)[nH]n3)cnc2c1=CC. The van der Waals surface area contributed by atoms with Crippen LogP contribution in [-0.2, 0) is 6.42 Å². The van der Waals surface area contributed by atoms with E-state index in [1.54, 1.807) is 13.4 Å². The van der Waals surface area contributed by atoms with E-state index >= 15 is 0 Å². The van der Waals surface area contributed by atoms with E-state index in [4.69, 9.17) is 4.74 Å². The highest BCUT2D eigenvalue weighted by atomic mass is 16.5. The van der Waals surface area contributed by atoms with E-state index in [0.29, 0.717) is 23.1 Å². The van der Waals surface area contributed by atoms with Crippen LogP contribution >= 0.6 is 0 Å². The van der Waals surface area contributed by atoms with Crippen molar-refractivity contribution in [2.75, 3.05) is 7.11 Å². The smallest absolute Gasteiger partial charge is 0.267 e. The van der Waals surface area contributed by atoms with Gasteiger partial charge in [-0.05, 0) is 61.7 Å². The number of nitrogens with one attached hydrogen (secondary N) is 1. The Bertz CT molecular complexity index is 1400. The van der Waals surface area contributed by atoms with Crippen molar-refractivity contribution in [1.82, 2.24) is 19.7 Å². The molecule has 0 bridgehead atoms. The number of fused-ring (bicyclic) bond motifs is 1. The minimum absolute atomic E-state index is 0.131. The molecule has 2 aromatic heterocycles. The van der Waals surface area contributed by atoms with Gasteiger partial charge in [0.15, 0.2) is 5.82 Å². The van der Waals surface area contributed by atoms with Gasteiger partial charge in [-0.2, -0.15) is 5.10 Å². The van der Waals surface area contributed by atoms with E-state index in [1.165, 1.54) is 4.57 Å². The first-order valence-electron chi connectivity index (χ1n) is 9.87. The molecule has 4 rings (SSSR count). The normalized spacial score (nSPS) is 12.7. The Morgan fingerprint density at radius 2 is 1.83 bits per heavy atom. The van der Waals surface area contributed by atoms with E-state index < -0.39 is 0 Å². The molecule has 0 aliphatic rings. The maximum atomic E-state index is 13.3. The fourth-order valence-corrected chi connectivity index (χ4v) is 3.80. The predicted molar refractivity (Wildman–Crippen MR) is 120 cm³/mol. The van der Waals surface area contributed by atoms with Crippen molar-refractivity contribution in [2.24, 2.45) is 0 Å². The summed E-state index contributed by atoms with van der Waals surface area (Å²) < 4.78 is 6.74. The lowest BCUT2D eigenvalue weighted by Crippen LogP contribution is -2.33. The van der Waals surface area contributed by atoms with Crippen molar-refractivity contribution in [3.63, 3.8) is 0 Å². The molecule has 0 radical (unpaired) electrons. The van der Waals surface area contributed by atoms with Gasteiger partial charge in [0.05, 0.1) is 18.0 Å². The molecule has 152 valence electrons. The molecule has 1 N–H and O–H groups in total. The van der Waals surface area contributed by atoms with Crippen LogP contribution in [0.4, 0.5) is 0 Å². The van der Waals surface area contributed by atoms with Crippen molar-refractivity contribution >= 4 is 23.1 Å². The van der Waals surface area contributed by atoms with Crippen LogP contribution in [0.1, 0.15) is 30.7 Å². The van der Waals surface area contributed by atoms with E-state index in [2.05, 4.69) is 21.3 Å². The van der Waals surface area contributed by atoms with Crippen molar-refractivity contribution in [2.45, 2.75) is 27.2 Å². The lowest BCUT2D eigenvalue weighted by molar-refractivity contribution is 0.414. The number of aromatic nitrogens is 4. The Labute approximate surface area is 174 Å². The second-order valence-corrected chi connectivity index (χ2v) is 7.19. The summed E-state index contributed by atoms with van der Waals surface area (Å²) in [5, 5.41) is 9.74. The fraction of sp³-hybridized carbons (Fsp3) is 0.208. The molecule has 4 aromatic rings. The number of benzene rings is 2.